The maximum absolute atomic E-state index is 5.46. The van der Waals surface area contributed by atoms with Crippen LogP contribution in [0.3, 0.4) is 0 Å². The maximum Gasteiger partial charge on any atom is 0.231 e. The summed E-state index contributed by atoms with van der Waals surface area (Å²) in [4.78, 5) is 2.63. The highest BCUT2D eigenvalue weighted by molar-refractivity contribution is 9.10. The van der Waals surface area contributed by atoms with Gasteiger partial charge in [0.05, 0.1) is 4.47 Å². The molecule has 2 heterocycles. The summed E-state index contributed by atoms with van der Waals surface area (Å²) in [6.45, 7) is 3.67. The van der Waals surface area contributed by atoms with E-state index in [0.29, 0.717) is 12.8 Å². The van der Waals surface area contributed by atoms with Gasteiger partial charge in [-0.25, -0.2) is 0 Å². The average molecular weight is 339 g/mol. The number of likely N-dealkylation sites (tertiary alicyclic amines) is 1. The lowest BCUT2D eigenvalue weighted by molar-refractivity contribution is 0.173. The van der Waals surface area contributed by atoms with Crippen LogP contribution in [-0.4, -0.2) is 36.9 Å². The standard InChI is InChI=1S/C15H19BrN2O2/c16-13-5-10(6-14-15(13)20-9-19-14)7-17-11-3-4-18(8-11)12-1-2-12/h5-6,11-12,17H,1-4,7-9H2. The number of halogens is 1. The Morgan fingerprint density at radius 1 is 1.25 bits per heavy atom. The van der Waals surface area contributed by atoms with Crippen molar-refractivity contribution in [3.63, 3.8) is 0 Å². The first-order valence-electron chi connectivity index (χ1n) is 7.35. The summed E-state index contributed by atoms with van der Waals surface area (Å²) in [5, 5.41) is 3.67. The van der Waals surface area contributed by atoms with E-state index < -0.39 is 0 Å². The maximum atomic E-state index is 5.46. The largest absolute Gasteiger partial charge is 0.454 e. The predicted molar refractivity (Wildman–Crippen MR) is 80.1 cm³/mol. The molecule has 1 aromatic rings. The summed E-state index contributed by atoms with van der Waals surface area (Å²) in [5.74, 6) is 1.68. The molecule has 1 aromatic carbocycles. The quantitative estimate of drug-likeness (QED) is 0.914. The van der Waals surface area contributed by atoms with Crippen molar-refractivity contribution in [3.05, 3.63) is 22.2 Å². The number of nitrogens with one attached hydrogen (secondary N) is 1. The zero-order valence-electron chi connectivity index (χ0n) is 11.4. The minimum Gasteiger partial charge on any atom is -0.454 e. The van der Waals surface area contributed by atoms with Gasteiger partial charge in [-0.1, -0.05) is 0 Å². The number of benzene rings is 1. The molecule has 2 aliphatic heterocycles. The van der Waals surface area contributed by atoms with E-state index in [0.717, 1.165) is 28.6 Å². The number of fused-ring (bicyclic) bond motifs is 1. The molecule has 1 saturated heterocycles. The Morgan fingerprint density at radius 2 is 2.15 bits per heavy atom. The van der Waals surface area contributed by atoms with E-state index in [1.54, 1.807) is 0 Å². The molecule has 1 atom stereocenters. The van der Waals surface area contributed by atoms with Crippen molar-refractivity contribution < 1.29 is 9.47 Å². The lowest BCUT2D eigenvalue weighted by atomic mass is 10.2. The van der Waals surface area contributed by atoms with Crippen molar-refractivity contribution in [1.29, 1.82) is 0 Å². The monoisotopic (exact) mass is 338 g/mol. The molecule has 20 heavy (non-hydrogen) atoms. The molecule has 108 valence electrons. The fourth-order valence-electron chi connectivity index (χ4n) is 3.11. The first-order chi connectivity index (χ1) is 9.79. The summed E-state index contributed by atoms with van der Waals surface area (Å²) in [6, 6.07) is 5.71. The van der Waals surface area contributed by atoms with E-state index in [4.69, 9.17) is 9.47 Å². The van der Waals surface area contributed by atoms with Gasteiger partial charge in [-0.2, -0.15) is 0 Å². The van der Waals surface area contributed by atoms with Crippen LogP contribution < -0.4 is 14.8 Å². The molecule has 1 aliphatic carbocycles. The third kappa shape index (κ3) is 2.54. The number of nitrogens with zero attached hydrogens (tertiary/aromatic N) is 1. The molecule has 0 spiro atoms. The number of ether oxygens (including phenoxy) is 2. The molecular weight excluding hydrogens is 320 g/mol. The summed E-state index contributed by atoms with van der Waals surface area (Å²) in [5.41, 5.74) is 1.24. The first kappa shape index (κ1) is 12.9. The van der Waals surface area contributed by atoms with Gasteiger partial charge in [0.15, 0.2) is 11.5 Å². The van der Waals surface area contributed by atoms with Crippen LogP contribution in [0.25, 0.3) is 0 Å². The van der Waals surface area contributed by atoms with E-state index in [1.165, 1.54) is 37.9 Å². The van der Waals surface area contributed by atoms with Crippen LogP contribution in [0, 0.1) is 0 Å². The number of rotatable bonds is 4. The molecule has 5 heteroatoms. The van der Waals surface area contributed by atoms with Gasteiger partial charge in [0.2, 0.25) is 6.79 Å². The predicted octanol–water partition coefficient (Wildman–Crippen LogP) is 2.50. The van der Waals surface area contributed by atoms with Gasteiger partial charge in [-0.05, 0) is 52.9 Å². The Labute approximate surface area is 127 Å². The van der Waals surface area contributed by atoms with Crippen molar-refractivity contribution in [2.24, 2.45) is 0 Å². The van der Waals surface area contributed by atoms with Crippen molar-refractivity contribution in [2.75, 3.05) is 19.9 Å². The SMILES string of the molecule is Brc1cc(CNC2CCN(C3CC3)C2)cc2c1OCO2. The van der Waals surface area contributed by atoms with Crippen LogP contribution in [0.4, 0.5) is 0 Å². The van der Waals surface area contributed by atoms with E-state index in [1.807, 2.05) is 0 Å². The third-order valence-electron chi connectivity index (χ3n) is 4.36. The Bertz CT molecular complexity index is 519. The van der Waals surface area contributed by atoms with Crippen LogP contribution in [0.15, 0.2) is 16.6 Å². The zero-order chi connectivity index (χ0) is 13.5. The second kappa shape index (κ2) is 5.20. The van der Waals surface area contributed by atoms with E-state index in [-0.39, 0.29) is 0 Å². The van der Waals surface area contributed by atoms with Gasteiger partial charge >= 0.3 is 0 Å². The minimum absolute atomic E-state index is 0.323. The Morgan fingerprint density at radius 3 is 3.00 bits per heavy atom. The molecule has 0 amide bonds. The topological polar surface area (TPSA) is 33.7 Å². The first-order valence-corrected chi connectivity index (χ1v) is 8.14. The fraction of sp³-hybridized carbons (Fsp3) is 0.600. The van der Waals surface area contributed by atoms with Crippen LogP contribution >= 0.6 is 15.9 Å². The van der Waals surface area contributed by atoms with Crippen LogP contribution in [-0.2, 0) is 6.54 Å². The normalized spacial score (nSPS) is 25.4. The molecule has 1 unspecified atom stereocenters. The minimum atomic E-state index is 0.323. The summed E-state index contributed by atoms with van der Waals surface area (Å²) in [6.07, 6.45) is 4.08. The fourth-order valence-corrected chi connectivity index (χ4v) is 3.71. The number of hydrogen-bond donors (Lipinski definition) is 1. The smallest absolute Gasteiger partial charge is 0.231 e. The van der Waals surface area contributed by atoms with E-state index in [2.05, 4.69) is 38.3 Å². The van der Waals surface area contributed by atoms with Crippen LogP contribution in [0.5, 0.6) is 11.5 Å². The van der Waals surface area contributed by atoms with Gasteiger partial charge in [-0.15, -0.1) is 0 Å². The van der Waals surface area contributed by atoms with Crippen molar-refractivity contribution in [2.45, 2.75) is 37.9 Å². The van der Waals surface area contributed by atoms with Gasteiger partial charge in [0, 0.05) is 31.7 Å². The van der Waals surface area contributed by atoms with Gasteiger partial charge < -0.3 is 14.8 Å². The van der Waals surface area contributed by atoms with Crippen molar-refractivity contribution in [1.82, 2.24) is 10.2 Å². The molecule has 1 N–H and O–H groups in total. The van der Waals surface area contributed by atoms with Crippen molar-refractivity contribution in [3.8, 4) is 11.5 Å². The van der Waals surface area contributed by atoms with Gasteiger partial charge in [0.1, 0.15) is 0 Å². The van der Waals surface area contributed by atoms with Gasteiger partial charge in [-0.3, -0.25) is 4.90 Å². The molecule has 0 radical (unpaired) electrons. The lowest BCUT2D eigenvalue weighted by Crippen LogP contribution is -2.32. The molecule has 0 aromatic heterocycles. The molecular formula is C15H19BrN2O2. The lowest BCUT2D eigenvalue weighted by Gasteiger charge is -2.16. The molecule has 2 fully saturated rings. The highest BCUT2D eigenvalue weighted by atomic mass is 79.9. The van der Waals surface area contributed by atoms with Gasteiger partial charge in [0.25, 0.3) is 0 Å². The Hall–Kier alpha value is -0.780. The molecule has 1 saturated carbocycles. The highest BCUT2D eigenvalue weighted by Gasteiger charge is 2.34. The summed E-state index contributed by atoms with van der Waals surface area (Å²) in [7, 11) is 0. The van der Waals surface area contributed by atoms with E-state index >= 15 is 0 Å². The third-order valence-corrected chi connectivity index (χ3v) is 4.95. The zero-order valence-corrected chi connectivity index (χ0v) is 13.0. The molecule has 0 bridgehead atoms. The van der Waals surface area contributed by atoms with Crippen LogP contribution in [0.2, 0.25) is 0 Å². The average Bonchev–Trinajstić information content (AvgIpc) is 3.00. The summed E-state index contributed by atoms with van der Waals surface area (Å²) < 4.78 is 11.9. The molecule has 3 aliphatic rings. The summed E-state index contributed by atoms with van der Waals surface area (Å²) >= 11 is 3.55. The molecule has 4 nitrogen and oxygen atoms in total. The van der Waals surface area contributed by atoms with Crippen molar-refractivity contribution >= 4 is 15.9 Å². The second-order valence-electron chi connectivity index (χ2n) is 5.90. The Kier molecular flexibility index (Phi) is 3.36. The second-order valence-corrected chi connectivity index (χ2v) is 6.76. The number of hydrogen-bond acceptors (Lipinski definition) is 4. The Balaban J connectivity index is 1.36. The molecule has 4 rings (SSSR count). The highest BCUT2D eigenvalue weighted by Crippen LogP contribution is 2.40. The van der Waals surface area contributed by atoms with E-state index in [9.17, 15) is 0 Å². The van der Waals surface area contributed by atoms with Crippen LogP contribution in [0.1, 0.15) is 24.8 Å².